The Hall–Kier alpha value is -2.12. The summed E-state index contributed by atoms with van der Waals surface area (Å²) in [4.78, 5) is 14.3. The van der Waals surface area contributed by atoms with Gasteiger partial charge in [0.05, 0.1) is 12.0 Å². The van der Waals surface area contributed by atoms with Gasteiger partial charge >= 0.3 is 0 Å². The largest absolute Gasteiger partial charge is 0.496 e. The minimum Gasteiger partial charge on any atom is -0.496 e. The van der Waals surface area contributed by atoms with Crippen LogP contribution in [0.5, 0.6) is 5.75 Å². The van der Waals surface area contributed by atoms with Gasteiger partial charge in [-0.3, -0.25) is 4.79 Å². The van der Waals surface area contributed by atoms with Crippen LogP contribution in [0.25, 0.3) is 10.8 Å². The van der Waals surface area contributed by atoms with Crippen LogP contribution in [0, 0.1) is 5.92 Å². The zero-order valence-corrected chi connectivity index (χ0v) is 17.5. The molecule has 0 bridgehead atoms. The summed E-state index contributed by atoms with van der Waals surface area (Å²) in [6.07, 6.45) is 1.78. The number of piperidine rings is 1. The summed E-state index contributed by atoms with van der Waals surface area (Å²) < 4.78 is 34.3. The summed E-state index contributed by atoms with van der Waals surface area (Å²) in [7, 11) is -2.11. The molecule has 152 valence electrons. The number of ether oxygens (including phenoxy) is 1. The number of nitrogens with one attached hydrogen (secondary N) is 1. The van der Waals surface area contributed by atoms with Crippen molar-refractivity contribution in [3.8, 4) is 5.75 Å². The Labute approximate surface area is 166 Å². The maximum atomic E-state index is 13.0. The highest BCUT2D eigenvalue weighted by molar-refractivity contribution is 7.89. The van der Waals surface area contributed by atoms with Gasteiger partial charge in [0.25, 0.3) is 0 Å². The van der Waals surface area contributed by atoms with Crippen molar-refractivity contribution in [3.05, 3.63) is 36.4 Å². The maximum Gasteiger partial charge on any atom is 0.241 e. The number of fused-ring (bicyclic) bond motifs is 1. The van der Waals surface area contributed by atoms with Crippen molar-refractivity contribution in [3.63, 3.8) is 0 Å². The van der Waals surface area contributed by atoms with E-state index in [-0.39, 0.29) is 16.8 Å². The van der Waals surface area contributed by atoms with Gasteiger partial charge in [-0.1, -0.05) is 38.1 Å². The van der Waals surface area contributed by atoms with E-state index in [1.807, 2.05) is 36.9 Å². The molecule has 2 aromatic rings. The first kappa shape index (κ1) is 20.6. The van der Waals surface area contributed by atoms with Crippen molar-refractivity contribution in [2.45, 2.75) is 44.0 Å². The zero-order chi connectivity index (χ0) is 20.3. The van der Waals surface area contributed by atoms with Crippen LogP contribution in [0.15, 0.2) is 41.3 Å². The molecular formula is C21H28N2O4S. The second kappa shape index (κ2) is 8.49. The van der Waals surface area contributed by atoms with Crippen molar-refractivity contribution in [1.82, 2.24) is 9.62 Å². The first-order chi connectivity index (χ1) is 13.3. The van der Waals surface area contributed by atoms with Crippen LogP contribution in [0.2, 0.25) is 0 Å². The highest BCUT2D eigenvalue weighted by atomic mass is 32.2. The Balaban J connectivity index is 1.74. The number of hydrogen-bond donors (Lipinski definition) is 1. The smallest absolute Gasteiger partial charge is 0.241 e. The van der Waals surface area contributed by atoms with Crippen molar-refractivity contribution in [2.24, 2.45) is 5.92 Å². The van der Waals surface area contributed by atoms with E-state index in [1.54, 1.807) is 25.3 Å². The molecule has 0 aliphatic carbocycles. The van der Waals surface area contributed by atoms with Gasteiger partial charge < -0.3 is 9.64 Å². The fourth-order valence-corrected chi connectivity index (χ4v) is 5.18. The molecule has 1 N–H and O–H groups in total. The molecule has 1 amide bonds. The number of nitrogens with zero attached hydrogens (tertiary/aromatic N) is 1. The summed E-state index contributed by atoms with van der Waals surface area (Å²) in [5, 5.41) is 1.40. The van der Waals surface area contributed by atoms with Crippen LogP contribution in [-0.2, 0) is 14.8 Å². The van der Waals surface area contributed by atoms with Gasteiger partial charge in [0.2, 0.25) is 15.9 Å². The fourth-order valence-electron chi connectivity index (χ4n) is 3.66. The number of benzene rings is 2. The number of likely N-dealkylation sites (tertiary alicyclic amines) is 1. The lowest BCUT2D eigenvalue weighted by Gasteiger charge is -2.32. The topological polar surface area (TPSA) is 75.7 Å². The van der Waals surface area contributed by atoms with Gasteiger partial charge in [-0.05, 0) is 30.9 Å². The summed E-state index contributed by atoms with van der Waals surface area (Å²) in [5.41, 5.74) is 0. The van der Waals surface area contributed by atoms with Gasteiger partial charge in [-0.25, -0.2) is 13.1 Å². The van der Waals surface area contributed by atoms with Gasteiger partial charge in [-0.15, -0.1) is 0 Å². The van der Waals surface area contributed by atoms with Crippen LogP contribution >= 0.6 is 0 Å². The number of sulfonamides is 1. The fraction of sp³-hybridized carbons (Fsp3) is 0.476. The van der Waals surface area contributed by atoms with Crippen molar-refractivity contribution in [1.29, 1.82) is 0 Å². The molecule has 6 nitrogen and oxygen atoms in total. The van der Waals surface area contributed by atoms with Crippen LogP contribution in [0.1, 0.15) is 33.1 Å². The Kier molecular flexibility index (Phi) is 6.25. The molecule has 1 heterocycles. The molecule has 0 aromatic heterocycles. The average Bonchev–Trinajstić information content (AvgIpc) is 2.66. The number of hydrogen-bond acceptors (Lipinski definition) is 4. The van der Waals surface area contributed by atoms with Gasteiger partial charge in [0.1, 0.15) is 5.75 Å². The molecule has 7 heteroatoms. The van der Waals surface area contributed by atoms with E-state index >= 15 is 0 Å². The minimum atomic E-state index is -3.68. The number of methoxy groups -OCH3 is 1. The van der Waals surface area contributed by atoms with Gasteiger partial charge in [0, 0.05) is 36.3 Å². The van der Waals surface area contributed by atoms with Crippen LogP contribution < -0.4 is 9.46 Å². The number of amides is 1. The molecule has 1 saturated heterocycles. The molecule has 0 spiro atoms. The lowest BCUT2D eigenvalue weighted by Crippen LogP contribution is -2.46. The summed E-state index contributed by atoms with van der Waals surface area (Å²) in [6.45, 7) is 5.22. The van der Waals surface area contributed by atoms with Crippen LogP contribution in [0.3, 0.4) is 0 Å². The molecule has 0 radical (unpaired) electrons. The Morgan fingerprint density at radius 2 is 1.79 bits per heavy atom. The lowest BCUT2D eigenvalue weighted by atomic mass is 10.0. The minimum absolute atomic E-state index is 0.150. The summed E-state index contributed by atoms with van der Waals surface area (Å²) in [5.74, 6) is 1.12. The summed E-state index contributed by atoms with van der Waals surface area (Å²) >= 11 is 0. The molecule has 3 rings (SSSR count). The third kappa shape index (κ3) is 4.47. The van der Waals surface area contributed by atoms with Crippen molar-refractivity contribution >= 4 is 26.7 Å². The normalized spacial score (nSPS) is 15.9. The zero-order valence-electron chi connectivity index (χ0n) is 16.6. The SMILES string of the molecule is COc1ccc(S(=O)(=O)NC2CCN(C(=O)CC(C)C)CC2)c2ccccc12. The van der Waals surface area contributed by atoms with E-state index in [2.05, 4.69) is 4.72 Å². The molecule has 2 aromatic carbocycles. The summed E-state index contributed by atoms with van der Waals surface area (Å²) in [6, 6.07) is 10.4. The predicted molar refractivity (Wildman–Crippen MR) is 110 cm³/mol. The first-order valence-corrected chi connectivity index (χ1v) is 11.2. The standard InChI is InChI=1S/C21H28N2O4S/c1-15(2)14-21(24)23-12-10-16(11-13-23)22-28(25,26)20-9-8-19(27-3)17-6-4-5-7-18(17)20/h4-9,15-16,22H,10-14H2,1-3H3. The molecular weight excluding hydrogens is 376 g/mol. The highest BCUT2D eigenvalue weighted by Gasteiger charge is 2.28. The highest BCUT2D eigenvalue weighted by Crippen LogP contribution is 2.31. The van der Waals surface area contributed by atoms with E-state index in [0.717, 1.165) is 5.39 Å². The van der Waals surface area contributed by atoms with Crippen LogP contribution in [0.4, 0.5) is 0 Å². The molecule has 28 heavy (non-hydrogen) atoms. The molecule has 0 atom stereocenters. The van der Waals surface area contributed by atoms with Gasteiger partial charge in [-0.2, -0.15) is 0 Å². The monoisotopic (exact) mass is 404 g/mol. The van der Waals surface area contributed by atoms with E-state index in [1.165, 1.54) is 0 Å². The van der Waals surface area contributed by atoms with E-state index in [4.69, 9.17) is 4.74 Å². The maximum absolute atomic E-state index is 13.0. The molecule has 1 aliphatic rings. The Morgan fingerprint density at radius 1 is 1.14 bits per heavy atom. The second-order valence-corrected chi connectivity index (χ2v) is 9.37. The van der Waals surface area contributed by atoms with E-state index < -0.39 is 10.0 Å². The first-order valence-electron chi connectivity index (χ1n) is 9.67. The molecule has 0 saturated carbocycles. The average molecular weight is 405 g/mol. The quantitative estimate of drug-likeness (QED) is 0.802. The van der Waals surface area contributed by atoms with Crippen molar-refractivity contribution < 1.29 is 17.9 Å². The number of carbonyl (C=O) groups is 1. The lowest BCUT2D eigenvalue weighted by molar-refractivity contribution is -0.133. The van der Waals surface area contributed by atoms with Gasteiger partial charge in [0.15, 0.2) is 0 Å². The third-order valence-corrected chi connectivity index (χ3v) is 6.68. The Bertz CT molecular complexity index is 948. The predicted octanol–water partition coefficient (Wildman–Crippen LogP) is 3.16. The van der Waals surface area contributed by atoms with Crippen LogP contribution in [-0.4, -0.2) is 45.5 Å². The Morgan fingerprint density at radius 3 is 2.39 bits per heavy atom. The number of carbonyl (C=O) groups excluding carboxylic acids is 1. The second-order valence-electron chi connectivity index (χ2n) is 7.69. The number of rotatable bonds is 6. The molecule has 0 unspecified atom stereocenters. The molecule has 1 fully saturated rings. The van der Waals surface area contributed by atoms with Crippen molar-refractivity contribution in [2.75, 3.05) is 20.2 Å². The van der Waals surface area contributed by atoms with E-state index in [0.29, 0.717) is 49.4 Å². The van der Waals surface area contributed by atoms with E-state index in [9.17, 15) is 13.2 Å². The molecule has 1 aliphatic heterocycles. The third-order valence-electron chi connectivity index (χ3n) is 5.11.